The van der Waals surface area contributed by atoms with Crippen molar-refractivity contribution in [2.75, 3.05) is 6.54 Å². The lowest BCUT2D eigenvalue weighted by molar-refractivity contribution is 0.455. The SMILES string of the molecule is CCCNC(CC)CCc1cccc(F)c1F. The van der Waals surface area contributed by atoms with Crippen LogP contribution in [0.2, 0.25) is 0 Å². The van der Waals surface area contributed by atoms with Crippen LogP contribution >= 0.6 is 0 Å². The summed E-state index contributed by atoms with van der Waals surface area (Å²) in [5.74, 6) is -1.45. The second-order valence-electron chi connectivity index (χ2n) is 4.31. The lowest BCUT2D eigenvalue weighted by Gasteiger charge is -2.16. The number of nitrogens with one attached hydrogen (secondary N) is 1. The molecule has 0 spiro atoms. The summed E-state index contributed by atoms with van der Waals surface area (Å²) in [5, 5.41) is 3.41. The molecule has 1 N–H and O–H groups in total. The van der Waals surface area contributed by atoms with Crippen molar-refractivity contribution < 1.29 is 8.78 Å². The van der Waals surface area contributed by atoms with Crippen molar-refractivity contribution in [2.24, 2.45) is 0 Å². The second kappa shape index (κ2) is 7.38. The molecule has 0 saturated carbocycles. The van der Waals surface area contributed by atoms with E-state index in [4.69, 9.17) is 0 Å². The second-order valence-corrected chi connectivity index (χ2v) is 4.31. The Kier molecular flexibility index (Phi) is 6.12. The first-order chi connectivity index (χ1) is 8.19. The summed E-state index contributed by atoms with van der Waals surface area (Å²) in [5.41, 5.74) is 0.474. The van der Waals surface area contributed by atoms with E-state index in [0.29, 0.717) is 18.0 Å². The van der Waals surface area contributed by atoms with Crippen molar-refractivity contribution in [1.29, 1.82) is 0 Å². The zero-order valence-corrected chi connectivity index (χ0v) is 10.6. The fourth-order valence-electron chi connectivity index (χ4n) is 1.87. The molecule has 3 heteroatoms. The van der Waals surface area contributed by atoms with E-state index in [1.165, 1.54) is 0 Å². The summed E-state index contributed by atoms with van der Waals surface area (Å²) < 4.78 is 26.4. The van der Waals surface area contributed by atoms with Gasteiger partial charge in [-0.2, -0.15) is 0 Å². The van der Waals surface area contributed by atoms with E-state index in [9.17, 15) is 8.78 Å². The van der Waals surface area contributed by atoms with E-state index in [1.54, 1.807) is 12.1 Å². The predicted octanol–water partition coefficient (Wildman–Crippen LogP) is 3.68. The zero-order chi connectivity index (χ0) is 12.7. The highest BCUT2D eigenvalue weighted by Gasteiger charge is 2.10. The molecule has 1 nitrogen and oxygen atoms in total. The van der Waals surface area contributed by atoms with E-state index in [0.717, 1.165) is 31.9 Å². The Labute approximate surface area is 102 Å². The summed E-state index contributed by atoms with van der Waals surface area (Å²) in [6.45, 7) is 5.20. The van der Waals surface area contributed by atoms with Gasteiger partial charge in [0.1, 0.15) is 0 Å². The Hall–Kier alpha value is -0.960. The maximum atomic E-state index is 13.4. The molecule has 0 bridgehead atoms. The van der Waals surface area contributed by atoms with Gasteiger partial charge in [-0.05, 0) is 43.9 Å². The first kappa shape index (κ1) is 14.1. The molecule has 0 aliphatic rings. The number of aryl methyl sites for hydroxylation is 1. The fourth-order valence-corrected chi connectivity index (χ4v) is 1.87. The van der Waals surface area contributed by atoms with Crippen LogP contribution in [0.15, 0.2) is 18.2 Å². The number of hydrogen-bond acceptors (Lipinski definition) is 1. The van der Waals surface area contributed by atoms with E-state index in [1.807, 2.05) is 0 Å². The third-order valence-electron chi connectivity index (χ3n) is 2.97. The minimum Gasteiger partial charge on any atom is -0.314 e. The highest BCUT2D eigenvalue weighted by atomic mass is 19.2. The van der Waals surface area contributed by atoms with E-state index in [2.05, 4.69) is 19.2 Å². The van der Waals surface area contributed by atoms with Gasteiger partial charge in [-0.1, -0.05) is 26.0 Å². The quantitative estimate of drug-likeness (QED) is 0.768. The van der Waals surface area contributed by atoms with Crippen LogP contribution < -0.4 is 5.32 Å². The van der Waals surface area contributed by atoms with Gasteiger partial charge in [0.05, 0.1) is 0 Å². The van der Waals surface area contributed by atoms with E-state index >= 15 is 0 Å². The monoisotopic (exact) mass is 241 g/mol. The molecule has 1 aromatic rings. The van der Waals surface area contributed by atoms with Crippen LogP contribution in [0.5, 0.6) is 0 Å². The van der Waals surface area contributed by atoms with Gasteiger partial charge in [-0.25, -0.2) is 8.78 Å². The van der Waals surface area contributed by atoms with Gasteiger partial charge < -0.3 is 5.32 Å². The standard InChI is InChI=1S/C14H21F2N/c1-3-10-17-12(4-2)9-8-11-6-5-7-13(15)14(11)16/h5-7,12,17H,3-4,8-10H2,1-2H3. The fraction of sp³-hybridized carbons (Fsp3) is 0.571. The van der Waals surface area contributed by atoms with Crippen molar-refractivity contribution in [3.8, 4) is 0 Å². The molecule has 17 heavy (non-hydrogen) atoms. The van der Waals surface area contributed by atoms with E-state index in [-0.39, 0.29) is 0 Å². The molecule has 0 heterocycles. The molecule has 0 aromatic heterocycles. The van der Waals surface area contributed by atoms with Crippen LogP contribution in [0.4, 0.5) is 8.78 Å². The molecule has 96 valence electrons. The summed E-state index contributed by atoms with van der Waals surface area (Å²) in [4.78, 5) is 0. The molecule has 1 unspecified atom stereocenters. The van der Waals surface area contributed by atoms with Crippen molar-refractivity contribution in [3.05, 3.63) is 35.4 Å². The number of hydrogen-bond donors (Lipinski definition) is 1. The molecule has 0 fully saturated rings. The highest BCUT2D eigenvalue weighted by Crippen LogP contribution is 2.14. The average Bonchev–Trinajstić information content (AvgIpc) is 2.34. The summed E-state index contributed by atoms with van der Waals surface area (Å²) in [6.07, 6.45) is 3.53. The molecular formula is C14H21F2N. The van der Waals surface area contributed by atoms with Crippen LogP contribution in [-0.4, -0.2) is 12.6 Å². The molecule has 0 saturated heterocycles. The Morgan fingerprint density at radius 3 is 2.65 bits per heavy atom. The summed E-state index contributed by atoms with van der Waals surface area (Å²) in [7, 11) is 0. The van der Waals surface area contributed by atoms with Crippen LogP contribution in [0.1, 0.15) is 38.7 Å². The molecule has 1 rings (SSSR count). The average molecular weight is 241 g/mol. The first-order valence-electron chi connectivity index (χ1n) is 6.35. The van der Waals surface area contributed by atoms with Crippen LogP contribution in [0.3, 0.4) is 0 Å². The van der Waals surface area contributed by atoms with Crippen molar-refractivity contribution >= 4 is 0 Å². The molecule has 0 aliphatic carbocycles. The van der Waals surface area contributed by atoms with Gasteiger partial charge in [-0.15, -0.1) is 0 Å². The predicted molar refractivity (Wildman–Crippen MR) is 67.1 cm³/mol. The van der Waals surface area contributed by atoms with Gasteiger partial charge in [-0.3, -0.25) is 0 Å². The number of rotatable bonds is 7. The zero-order valence-electron chi connectivity index (χ0n) is 10.6. The molecule has 0 aliphatic heterocycles. The van der Waals surface area contributed by atoms with Gasteiger partial charge in [0, 0.05) is 6.04 Å². The largest absolute Gasteiger partial charge is 0.314 e. The summed E-state index contributed by atoms with van der Waals surface area (Å²) >= 11 is 0. The maximum Gasteiger partial charge on any atom is 0.162 e. The Balaban J connectivity index is 2.50. The Morgan fingerprint density at radius 1 is 1.24 bits per heavy atom. The molecule has 1 aromatic carbocycles. The Bertz CT molecular complexity index is 339. The topological polar surface area (TPSA) is 12.0 Å². The lowest BCUT2D eigenvalue weighted by atomic mass is 10.0. The van der Waals surface area contributed by atoms with Crippen LogP contribution in [-0.2, 0) is 6.42 Å². The smallest absolute Gasteiger partial charge is 0.162 e. The van der Waals surface area contributed by atoms with Crippen molar-refractivity contribution in [3.63, 3.8) is 0 Å². The van der Waals surface area contributed by atoms with Crippen LogP contribution in [0.25, 0.3) is 0 Å². The van der Waals surface area contributed by atoms with Gasteiger partial charge in [0.2, 0.25) is 0 Å². The molecule has 0 radical (unpaired) electrons. The third kappa shape index (κ3) is 4.43. The maximum absolute atomic E-state index is 13.4. The minimum absolute atomic E-state index is 0.387. The molecule has 1 atom stereocenters. The van der Waals surface area contributed by atoms with E-state index < -0.39 is 11.6 Å². The summed E-state index contributed by atoms with van der Waals surface area (Å²) in [6, 6.07) is 4.77. The lowest BCUT2D eigenvalue weighted by Crippen LogP contribution is -2.29. The first-order valence-corrected chi connectivity index (χ1v) is 6.35. The number of benzene rings is 1. The molecule has 0 amide bonds. The Morgan fingerprint density at radius 2 is 2.00 bits per heavy atom. The van der Waals surface area contributed by atoms with Crippen LogP contribution in [0, 0.1) is 11.6 Å². The molecular weight excluding hydrogens is 220 g/mol. The van der Waals surface area contributed by atoms with Gasteiger partial charge in [0.15, 0.2) is 11.6 Å². The van der Waals surface area contributed by atoms with Crippen molar-refractivity contribution in [2.45, 2.75) is 45.6 Å². The third-order valence-corrected chi connectivity index (χ3v) is 2.97. The van der Waals surface area contributed by atoms with Gasteiger partial charge in [0.25, 0.3) is 0 Å². The van der Waals surface area contributed by atoms with Crippen molar-refractivity contribution in [1.82, 2.24) is 5.32 Å². The highest BCUT2D eigenvalue weighted by molar-refractivity contribution is 5.19. The van der Waals surface area contributed by atoms with Gasteiger partial charge >= 0.3 is 0 Å². The number of halogens is 2. The normalized spacial score (nSPS) is 12.7. The minimum atomic E-state index is -0.753.